The first kappa shape index (κ1) is 27.5. The lowest BCUT2D eigenvalue weighted by atomic mass is 10.1. The zero-order valence-electron chi connectivity index (χ0n) is 22.5. The average molecular weight is 562 g/mol. The van der Waals surface area contributed by atoms with E-state index in [1.807, 2.05) is 74.6 Å². The molecule has 2 N–H and O–H groups in total. The monoisotopic (exact) mass is 561 g/mol. The van der Waals surface area contributed by atoms with E-state index >= 15 is 0 Å². The molecule has 2 aromatic heterocycles. The molecule has 0 radical (unpaired) electrons. The highest BCUT2D eigenvalue weighted by Gasteiger charge is 2.14. The molecule has 9 heteroatoms. The summed E-state index contributed by atoms with van der Waals surface area (Å²) in [5.41, 5.74) is 5.93. The topological polar surface area (TPSA) is 117 Å². The van der Waals surface area contributed by atoms with Gasteiger partial charge in [0, 0.05) is 62.6 Å². The van der Waals surface area contributed by atoms with Crippen molar-refractivity contribution in [1.29, 1.82) is 5.26 Å². The minimum atomic E-state index is -0.410. The molecule has 8 nitrogen and oxygen atoms in total. The Morgan fingerprint density at radius 3 is 2.44 bits per heavy atom. The Balaban J connectivity index is 1.26. The fourth-order valence-corrected chi connectivity index (χ4v) is 5.63. The number of rotatable bonds is 9. The van der Waals surface area contributed by atoms with Gasteiger partial charge in [-0.2, -0.15) is 5.26 Å². The van der Waals surface area contributed by atoms with Crippen LogP contribution >= 0.6 is 11.8 Å². The first-order chi connectivity index (χ1) is 19.8. The van der Waals surface area contributed by atoms with Crippen molar-refractivity contribution < 1.29 is 9.72 Å². The summed E-state index contributed by atoms with van der Waals surface area (Å²) < 4.78 is 2.08. The number of aromatic nitrogens is 2. The average Bonchev–Trinajstić information content (AvgIpc) is 3.51. The lowest BCUT2D eigenvalue weighted by Crippen LogP contribution is -2.26. The maximum absolute atomic E-state index is 12.8. The van der Waals surface area contributed by atoms with Crippen LogP contribution in [-0.4, -0.2) is 26.9 Å². The molecular formula is C32H27N5O3S. The maximum Gasteiger partial charge on any atom is 0.269 e. The zero-order valence-corrected chi connectivity index (χ0v) is 23.4. The van der Waals surface area contributed by atoms with Crippen molar-refractivity contribution in [1.82, 2.24) is 14.9 Å². The van der Waals surface area contributed by atoms with E-state index in [0.29, 0.717) is 13.0 Å². The van der Waals surface area contributed by atoms with E-state index in [-0.39, 0.29) is 11.3 Å². The van der Waals surface area contributed by atoms with Crippen LogP contribution in [0.4, 0.5) is 5.69 Å². The van der Waals surface area contributed by atoms with Gasteiger partial charge in [-0.15, -0.1) is 0 Å². The Morgan fingerprint density at radius 1 is 1.07 bits per heavy atom. The van der Waals surface area contributed by atoms with Gasteiger partial charge in [-0.3, -0.25) is 14.9 Å². The molecule has 5 rings (SSSR count). The second-order valence-electron chi connectivity index (χ2n) is 9.54. The SMILES string of the molecule is Cc1cc(/C=C(/C#N)C(=O)NCCc2c[nH]c3ccccc23)c(C)n1-c1ccc(Sc2ccc([N+](=O)[O-])cc2)cc1. The quantitative estimate of drug-likeness (QED) is 0.0879. The van der Waals surface area contributed by atoms with Crippen molar-refractivity contribution in [2.75, 3.05) is 6.54 Å². The number of non-ortho nitro benzene ring substituents is 1. The van der Waals surface area contributed by atoms with Crippen LogP contribution in [0.25, 0.3) is 22.7 Å². The zero-order chi connectivity index (χ0) is 28.9. The number of aromatic amines is 1. The summed E-state index contributed by atoms with van der Waals surface area (Å²) in [7, 11) is 0. The smallest absolute Gasteiger partial charge is 0.269 e. The number of nitrogens with one attached hydrogen (secondary N) is 2. The number of carbonyl (C=O) groups excluding carboxylic acids is 1. The second-order valence-corrected chi connectivity index (χ2v) is 10.7. The molecule has 0 spiro atoms. The van der Waals surface area contributed by atoms with Crippen molar-refractivity contribution in [3.05, 3.63) is 123 Å². The van der Waals surface area contributed by atoms with Gasteiger partial charge < -0.3 is 14.9 Å². The van der Waals surface area contributed by atoms with Crippen LogP contribution in [0, 0.1) is 35.3 Å². The predicted octanol–water partition coefficient (Wildman–Crippen LogP) is 6.90. The van der Waals surface area contributed by atoms with Crippen molar-refractivity contribution in [2.24, 2.45) is 0 Å². The van der Waals surface area contributed by atoms with Gasteiger partial charge in [0.2, 0.25) is 0 Å². The van der Waals surface area contributed by atoms with Gasteiger partial charge in [0.1, 0.15) is 11.6 Å². The molecule has 2 heterocycles. The number of amides is 1. The van der Waals surface area contributed by atoms with E-state index in [1.54, 1.807) is 18.2 Å². The van der Waals surface area contributed by atoms with Crippen molar-refractivity contribution in [3.63, 3.8) is 0 Å². The molecule has 0 aliphatic carbocycles. The Morgan fingerprint density at radius 2 is 1.76 bits per heavy atom. The summed E-state index contributed by atoms with van der Waals surface area (Å²) in [6.07, 6.45) is 4.24. The summed E-state index contributed by atoms with van der Waals surface area (Å²) in [6, 6.07) is 26.5. The van der Waals surface area contributed by atoms with E-state index in [4.69, 9.17) is 0 Å². The number of fused-ring (bicyclic) bond motifs is 1. The highest BCUT2D eigenvalue weighted by Crippen LogP contribution is 2.31. The fourth-order valence-electron chi connectivity index (χ4n) is 4.81. The number of nitrogens with zero attached hydrogens (tertiary/aromatic N) is 3. The third kappa shape index (κ3) is 6.08. The van der Waals surface area contributed by atoms with Crippen molar-refractivity contribution in [2.45, 2.75) is 30.1 Å². The molecule has 0 bridgehead atoms. The van der Waals surface area contributed by atoms with Gasteiger partial charge in [0.25, 0.3) is 11.6 Å². The van der Waals surface area contributed by atoms with E-state index in [0.717, 1.165) is 48.9 Å². The minimum Gasteiger partial charge on any atom is -0.361 e. The molecule has 0 saturated heterocycles. The Labute approximate surface area is 241 Å². The number of aryl methyl sites for hydroxylation is 1. The Bertz CT molecular complexity index is 1810. The number of benzene rings is 3. The predicted molar refractivity (Wildman–Crippen MR) is 161 cm³/mol. The van der Waals surface area contributed by atoms with Crippen molar-refractivity contribution >= 4 is 40.3 Å². The Hall–Kier alpha value is -5.07. The van der Waals surface area contributed by atoms with Crippen molar-refractivity contribution in [3.8, 4) is 11.8 Å². The van der Waals surface area contributed by atoms with Crippen LogP contribution in [0.15, 0.2) is 100 Å². The van der Waals surface area contributed by atoms with Gasteiger partial charge in [0.15, 0.2) is 0 Å². The summed E-state index contributed by atoms with van der Waals surface area (Å²) >= 11 is 1.52. The molecule has 0 aliphatic rings. The minimum absolute atomic E-state index is 0.0547. The number of H-pyrrole nitrogens is 1. The summed E-state index contributed by atoms with van der Waals surface area (Å²) in [5, 5.41) is 24.6. The van der Waals surface area contributed by atoms with Crippen LogP contribution in [0.1, 0.15) is 22.5 Å². The number of para-hydroxylation sites is 1. The highest BCUT2D eigenvalue weighted by molar-refractivity contribution is 7.99. The lowest BCUT2D eigenvalue weighted by Gasteiger charge is -2.11. The van der Waals surface area contributed by atoms with Crippen LogP contribution in [0.3, 0.4) is 0 Å². The molecule has 0 saturated carbocycles. The Kier molecular flexibility index (Phi) is 8.04. The molecular weight excluding hydrogens is 534 g/mol. The van der Waals surface area contributed by atoms with Gasteiger partial charge >= 0.3 is 0 Å². The molecule has 0 unspecified atom stereocenters. The lowest BCUT2D eigenvalue weighted by molar-refractivity contribution is -0.384. The summed E-state index contributed by atoms with van der Waals surface area (Å²) in [5.74, 6) is -0.398. The highest BCUT2D eigenvalue weighted by atomic mass is 32.2. The van der Waals surface area contributed by atoms with Crippen LogP contribution < -0.4 is 5.32 Å². The normalized spacial score (nSPS) is 11.4. The molecule has 5 aromatic rings. The second kappa shape index (κ2) is 12.0. The summed E-state index contributed by atoms with van der Waals surface area (Å²) in [6.45, 7) is 4.36. The third-order valence-corrected chi connectivity index (χ3v) is 7.88. The van der Waals surface area contributed by atoms with Crippen LogP contribution in [-0.2, 0) is 11.2 Å². The van der Waals surface area contributed by atoms with Gasteiger partial charge in [-0.25, -0.2) is 0 Å². The number of hydrogen-bond donors (Lipinski definition) is 2. The third-order valence-electron chi connectivity index (χ3n) is 6.87. The molecule has 0 atom stereocenters. The van der Waals surface area contributed by atoms with E-state index in [1.165, 1.54) is 23.9 Å². The van der Waals surface area contributed by atoms with Gasteiger partial charge in [0.05, 0.1) is 4.92 Å². The molecule has 0 aliphatic heterocycles. The molecule has 204 valence electrons. The number of carbonyl (C=O) groups is 1. The fraction of sp³-hybridized carbons (Fsp3) is 0.125. The van der Waals surface area contributed by atoms with E-state index in [9.17, 15) is 20.2 Å². The maximum atomic E-state index is 12.8. The molecule has 0 fully saturated rings. The van der Waals surface area contributed by atoms with E-state index < -0.39 is 10.8 Å². The first-order valence-corrected chi connectivity index (χ1v) is 13.8. The van der Waals surface area contributed by atoms with Crippen LogP contribution in [0.2, 0.25) is 0 Å². The number of nitro groups is 1. The molecule has 1 amide bonds. The summed E-state index contributed by atoms with van der Waals surface area (Å²) in [4.78, 5) is 28.5. The van der Waals surface area contributed by atoms with Gasteiger partial charge in [-0.05, 0) is 86.0 Å². The number of hydrogen-bond acceptors (Lipinski definition) is 5. The first-order valence-electron chi connectivity index (χ1n) is 13.0. The largest absolute Gasteiger partial charge is 0.361 e. The van der Waals surface area contributed by atoms with Gasteiger partial charge in [-0.1, -0.05) is 30.0 Å². The molecule has 3 aromatic carbocycles. The number of nitro benzene ring substituents is 1. The van der Waals surface area contributed by atoms with E-state index in [2.05, 4.69) is 20.9 Å². The van der Waals surface area contributed by atoms with Crippen LogP contribution in [0.5, 0.6) is 0 Å². The molecule has 41 heavy (non-hydrogen) atoms. The standard InChI is InChI=1S/C32H27N5O3S/c1-21-17-24(18-25(19-33)32(38)34-16-15-23-20-35-31-6-4-3-5-30(23)31)22(2)36(21)26-7-11-28(12-8-26)41-29-13-9-27(10-14-29)37(39)40/h3-14,17-18,20,35H,15-16H2,1-2H3,(H,34,38)/b25-18-. The number of nitriles is 1.